The summed E-state index contributed by atoms with van der Waals surface area (Å²) in [5.41, 5.74) is 6.84. The van der Waals surface area contributed by atoms with E-state index in [4.69, 9.17) is 9.72 Å². The Balaban J connectivity index is 0.00000306. The number of aryl methyl sites for hydroxylation is 4. The lowest BCUT2D eigenvalue weighted by molar-refractivity contribution is -0.118. The molecule has 5 nitrogen and oxygen atoms in total. The third-order valence-electron chi connectivity index (χ3n) is 6.16. The summed E-state index contributed by atoms with van der Waals surface area (Å²) in [6, 6.07) is 10.7. The minimum Gasteiger partial charge on any atom is -0.379 e. The van der Waals surface area contributed by atoms with Gasteiger partial charge >= 0.3 is 0 Å². The fraction of sp³-hybridized carbons (Fsp3) is 0.462. The van der Waals surface area contributed by atoms with Crippen molar-refractivity contribution in [2.24, 2.45) is 0 Å². The number of fused-ring (bicyclic) bond motifs is 1. The van der Waals surface area contributed by atoms with Crippen LogP contribution < -0.4 is 4.90 Å². The van der Waals surface area contributed by atoms with Crippen molar-refractivity contribution in [1.82, 2.24) is 9.88 Å². The van der Waals surface area contributed by atoms with Gasteiger partial charge in [0.1, 0.15) is 0 Å². The number of amides is 1. The van der Waals surface area contributed by atoms with Gasteiger partial charge in [0.25, 0.3) is 0 Å². The molecule has 1 saturated heterocycles. The normalized spacial score (nSPS) is 14.3. The van der Waals surface area contributed by atoms with Crippen LogP contribution in [0.15, 0.2) is 30.3 Å². The molecule has 0 aliphatic carbocycles. The Labute approximate surface area is 207 Å². The molecule has 4 rings (SSSR count). The van der Waals surface area contributed by atoms with Gasteiger partial charge in [-0.15, -0.1) is 12.4 Å². The molecular formula is C26H34ClN3O2S. The lowest BCUT2D eigenvalue weighted by Crippen LogP contribution is -2.39. The van der Waals surface area contributed by atoms with Gasteiger partial charge in [0.15, 0.2) is 5.13 Å². The average molecular weight is 488 g/mol. The number of ether oxygens (including phenoxy) is 1. The van der Waals surface area contributed by atoms with Gasteiger partial charge in [-0.2, -0.15) is 0 Å². The summed E-state index contributed by atoms with van der Waals surface area (Å²) in [4.78, 5) is 22.8. The number of thiazole rings is 1. The first-order chi connectivity index (χ1) is 15.4. The summed E-state index contributed by atoms with van der Waals surface area (Å²) in [5.74, 6) is 0.120. The number of carbonyl (C=O) groups excluding carboxylic acids is 1. The predicted octanol–water partition coefficient (Wildman–Crippen LogP) is 5.25. The van der Waals surface area contributed by atoms with Crippen LogP contribution in [-0.4, -0.2) is 55.2 Å². The summed E-state index contributed by atoms with van der Waals surface area (Å²) in [5, 5.41) is 0.811. The number of hydrogen-bond donors (Lipinski definition) is 0. The zero-order chi connectivity index (χ0) is 22.7. The Morgan fingerprint density at radius 1 is 1.06 bits per heavy atom. The number of aromatic nitrogens is 1. The molecule has 1 aliphatic rings. The third kappa shape index (κ3) is 6.33. The van der Waals surface area contributed by atoms with E-state index in [0.29, 0.717) is 13.0 Å². The summed E-state index contributed by atoms with van der Waals surface area (Å²) in [6.45, 7) is 13.5. The number of morpholine rings is 1. The second-order valence-corrected chi connectivity index (χ2v) is 9.89. The third-order valence-corrected chi connectivity index (χ3v) is 7.18. The van der Waals surface area contributed by atoms with Crippen LogP contribution in [0.3, 0.4) is 0 Å². The van der Waals surface area contributed by atoms with Crippen molar-refractivity contribution in [2.45, 2.75) is 40.5 Å². The number of halogens is 1. The van der Waals surface area contributed by atoms with Gasteiger partial charge in [-0.05, 0) is 62.4 Å². The molecule has 1 aliphatic heterocycles. The van der Waals surface area contributed by atoms with Crippen molar-refractivity contribution in [3.63, 3.8) is 0 Å². The Kier molecular flexibility index (Phi) is 8.88. The van der Waals surface area contributed by atoms with E-state index in [-0.39, 0.29) is 18.3 Å². The van der Waals surface area contributed by atoms with Crippen LogP contribution >= 0.6 is 23.7 Å². The van der Waals surface area contributed by atoms with Crippen LogP contribution in [-0.2, 0) is 16.0 Å². The molecule has 0 spiro atoms. The first-order valence-corrected chi connectivity index (χ1v) is 12.3. The maximum atomic E-state index is 13.5. The molecule has 0 bridgehead atoms. The molecular weight excluding hydrogens is 454 g/mol. The maximum Gasteiger partial charge on any atom is 0.233 e. The van der Waals surface area contributed by atoms with Gasteiger partial charge in [0, 0.05) is 26.2 Å². The standard InChI is InChI=1S/C26H33N3O2S.ClH/c1-18-6-7-20(3)22(15-18)17-24(30)29(9-5-8-28-10-12-31-13-11-28)26-27-25-21(4)14-19(2)16-23(25)32-26;/h6-7,14-16H,5,8-13,17H2,1-4H3;1H. The van der Waals surface area contributed by atoms with Gasteiger partial charge in [0.05, 0.1) is 29.9 Å². The molecule has 33 heavy (non-hydrogen) atoms. The van der Waals surface area contributed by atoms with E-state index in [1.165, 1.54) is 11.1 Å². The highest BCUT2D eigenvalue weighted by molar-refractivity contribution is 7.22. The summed E-state index contributed by atoms with van der Waals surface area (Å²) in [7, 11) is 0. The smallest absolute Gasteiger partial charge is 0.233 e. The Morgan fingerprint density at radius 3 is 2.58 bits per heavy atom. The highest BCUT2D eigenvalue weighted by Crippen LogP contribution is 2.32. The number of rotatable bonds is 7. The molecule has 3 aromatic rings. The molecule has 2 aromatic carbocycles. The molecule has 7 heteroatoms. The topological polar surface area (TPSA) is 45.7 Å². The van der Waals surface area contributed by atoms with Crippen molar-refractivity contribution in [1.29, 1.82) is 0 Å². The van der Waals surface area contributed by atoms with E-state index in [1.807, 2.05) is 4.90 Å². The Hall–Kier alpha value is -1.99. The van der Waals surface area contributed by atoms with Crippen molar-refractivity contribution >= 4 is 45.0 Å². The van der Waals surface area contributed by atoms with Gasteiger partial charge in [-0.3, -0.25) is 14.6 Å². The van der Waals surface area contributed by atoms with E-state index < -0.39 is 0 Å². The van der Waals surface area contributed by atoms with Crippen molar-refractivity contribution in [2.75, 3.05) is 44.3 Å². The number of anilines is 1. The number of carbonyl (C=O) groups is 1. The van der Waals surface area contributed by atoms with Crippen LogP contribution in [0.25, 0.3) is 10.2 Å². The van der Waals surface area contributed by atoms with Crippen LogP contribution in [0, 0.1) is 27.7 Å². The average Bonchev–Trinajstić information content (AvgIpc) is 3.18. The van der Waals surface area contributed by atoms with Crippen molar-refractivity contribution in [3.8, 4) is 0 Å². The van der Waals surface area contributed by atoms with Crippen LogP contribution in [0.5, 0.6) is 0 Å². The summed E-state index contributed by atoms with van der Waals surface area (Å²) in [6.07, 6.45) is 1.32. The van der Waals surface area contributed by atoms with Crippen LogP contribution in [0.1, 0.15) is 34.2 Å². The van der Waals surface area contributed by atoms with E-state index in [1.54, 1.807) is 11.3 Å². The fourth-order valence-electron chi connectivity index (χ4n) is 4.33. The lowest BCUT2D eigenvalue weighted by Gasteiger charge is -2.28. The quantitative estimate of drug-likeness (QED) is 0.456. The minimum absolute atomic E-state index is 0. The van der Waals surface area contributed by atoms with Gasteiger partial charge in [-0.1, -0.05) is 41.2 Å². The van der Waals surface area contributed by atoms with Gasteiger partial charge in [0.2, 0.25) is 5.91 Å². The van der Waals surface area contributed by atoms with Gasteiger partial charge in [-0.25, -0.2) is 4.98 Å². The molecule has 0 saturated carbocycles. The zero-order valence-electron chi connectivity index (χ0n) is 20.0. The second-order valence-electron chi connectivity index (χ2n) is 8.88. The van der Waals surface area contributed by atoms with Crippen LogP contribution in [0.2, 0.25) is 0 Å². The molecule has 0 N–H and O–H groups in total. The maximum absolute atomic E-state index is 13.5. The molecule has 0 radical (unpaired) electrons. The molecule has 0 unspecified atom stereocenters. The first-order valence-electron chi connectivity index (χ1n) is 11.4. The summed E-state index contributed by atoms with van der Waals surface area (Å²) < 4.78 is 6.61. The lowest BCUT2D eigenvalue weighted by atomic mass is 10.0. The summed E-state index contributed by atoms with van der Waals surface area (Å²) >= 11 is 1.63. The monoisotopic (exact) mass is 487 g/mol. The minimum atomic E-state index is 0. The van der Waals surface area contributed by atoms with Crippen molar-refractivity contribution < 1.29 is 9.53 Å². The Bertz CT molecular complexity index is 1110. The molecule has 2 heterocycles. The molecule has 178 valence electrons. The molecule has 1 aromatic heterocycles. The highest BCUT2D eigenvalue weighted by Gasteiger charge is 2.22. The molecule has 0 atom stereocenters. The zero-order valence-corrected chi connectivity index (χ0v) is 21.7. The van der Waals surface area contributed by atoms with E-state index in [0.717, 1.165) is 71.3 Å². The first kappa shape index (κ1) is 25.6. The van der Waals surface area contributed by atoms with E-state index >= 15 is 0 Å². The Morgan fingerprint density at radius 2 is 1.82 bits per heavy atom. The predicted molar refractivity (Wildman–Crippen MR) is 140 cm³/mol. The molecule has 1 amide bonds. The van der Waals surface area contributed by atoms with Crippen LogP contribution in [0.4, 0.5) is 5.13 Å². The molecule has 1 fully saturated rings. The van der Waals surface area contributed by atoms with E-state index in [2.05, 4.69) is 62.9 Å². The SMILES string of the molecule is Cc1ccc(C)c(CC(=O)N(CCCN2CCOCC2)c2nc3c(C)cc(C)cc3s2)c1.Cl. The number of benzene rings is 2. The second kappa shape index (κ2) is 11.4. The largest absolute Gasteiger partial charge is 0.379 e. The number of hydrogen-bond acceptors (Lipinski definition) is 5. The van der Waals surface area contributed by atoms with Gasteiger partial charge < -0.3 is 4.74 Å². The van der Waals surface area contributed by atoms with E-state index in [9.17, 15) is 4.79 Å². The number of nitrogens with zero attached hydrogens (tertiary/aromatic N) is 3. The van der Waals surface area contributed by atoms with Crippen molar-refractivity contribution in [3.05, 3.63) is 58.1 Å². The fourth-order valence-corrected chi connectivity index (χ4v) is 5.51. The highest BCUT2D eigenvalue weighted by atomic mass is 35.5.